The van der Waals surface area contributed by atoms with Crippen molar-refractivity contribution in [3.63, 3.8) is 0 Å². The van der Waals surface area contributed by atoms with Crippen molar-refractivity contribution in [3.8, 4) is 5.75 Å². The Balaban J connectivity index is 1.81. The van der Waals surface area contributed by atoms with Gasteiger partial charge < -0.3 is 10.5 Å². The summed E-state index contributed by atoms with van der Waals surface area (Å²) in [6.07, 6.45) is 1.19. The molecular formula is C17H19BrFNO. The third-order valence-corrected chi connectivity index (χ3v) is 3.74. The molecule has 0 radical (unpaired) electrons. The predicted molar refractivity (Wildman–Crippen MR) is 87.1 cm³/mol. The van der Waals surface area contributed by atoms with Gasteiger partial charge in [0.25, 0.3) is 0 Å². The minimum atomic E-state index is -0.223. The van der Waals surface area contributed by atoms with E-state index in [0.29, 0.717) is 25.0 Å². The number of benzene rings is 2. The highest BCUT2D eigenvalue weighted by Crippen LogP contribution is 2.17. The van der Waals surface area contributed by atoms with Gasteiger partial charge in [-0.15, -0.1) is 0 Å². The van der Waals surface area contributed by atoms with Crippen molar-refractivity contribution in [1.29, 1.82) is 0 Å². The number of aryl methyl sites for hydroxylation is 1. The molecule has 0 aliphatic rings. The van der Waals surface area contributed by atoms with Crippen LogP contribution in [-0.4, -0.2) is 12.6 Å². The summed E-state index contributed by atoms with van der Waals surface area (Å²) in [5.74, 6) is 0.622. The molecule has 0 heterocycles. The van der Waals surface area contributed by atoms with Gasteiger partial charge in [0.15, 0.2) is 0 Å². The summed E-state index contributed by atoms with van der Waals surface area (Å²) in [4.78, 5) is 0. The molecule has 0 saturated carbocycles. The van der Waals surface area contributed by atoms with E-state index in [2.05, 4.69) is 15.9 Å². The zero-order chi connectivity index (χ0) is 15.2. The van der Waals surface area contributed by atoms with Crippen molar-refractivity contribution in [2.45, 2.75) is 25.8 Å². The average molecular weight is 352 g/mol. The summed E-state index contributed by atoms with van der Waals surface area (Å²) in [6.45, 7) is 2.55. The summed E-state index contributed by atoms with van der Waals surface area (Å²) in [5, 5.41) is 0. The maximum Gasteiger partial charge on any atom is 0.127 e. The van der Waals surface area contributed by atoms with E-state index < -0.39 is 0 Å². The largest absolute Gasteiger partial charge is 0.494 e. The smallest absolute Gasteiger partial charge is 0.127 e. The molecule has 0 aromatic heterocycles. The van der Waals surface area contributed by atoms with Gasteiger partial charge in [0.05, 0.1) is 6.61 Å². The number of hydrogen-bond acceptors (Lipinski definition) is 2. The molecule has 2 aromatic rings. The minimum absolute atomic E-state index is 0.120. The van der Waals surface area contributed by atoms with Crippen molar-refractivity contribution in [1.82, 2.24) is 0 Å². The van der Waals surface area contributed by atoms with Crippen LogP contribution in [0.25, 0.3) is 0 Å². The fourth-order valence-electron chi connectivity index (χ4n) is 2.11. The lowest BCUT2D eigenvalue weighted by Gasteiger charge is -2.13. The number of ether oxygens (including phenoxy) is 1. The zero-order valence-corrected chi connectivity index (χ0v) is 13.6. The maximum absolute atomic E-state index is 13.7. The van der Waals surface area contributed by atoms with E-state index in [1.807, 2.05) is 37.3 Å². The van der Waals surface area contributed by atoms with Crippen LogP contribution in [0.3, 0.4) is 0 Å². The summed E-state index contributed by atoms with van der Waals surface area (Å²) >= 11 is 3.24. The highest BCUT2D eigenvalue weighted by molar-refractivity contribution is 9.10. The zero-order valence-electron chi connectivity index (χ0n) is 12.0. The second-order valence-electron chi connectivity index (χ2n) is 5.15. The molecule has 0 amide bonds. The lowest BCUT2D eigenvalue weighted by Crippen LogP contribution is -2.25. The van der Waals surface area contributed by atoms with Crippen LogP contribution < -0.4 is 10.5 Å². The van der Waals surface area contributed by atoms with Gasteiger partial charge in [0.1, 0.15) is 11.6 Å². The van der Waals surface area contributed by atoms with Crippen molar-refractivity contribution >= 4 is 15.9 Å². The van der Waals surface area contributed by atoms with E-state index in [1.165, 1.54) is 6.07 Å². The minimum Gasteiger partial charge on any atom is -0.494 e. The van der Waals surface area contributed by atoms with Gasteiger partial charge in [-0.2, -0.15) is 0 Å². The molecule has 4 heteroatoms. The Bertz CT molecular complexity index is 603. The fraction of sp³-hybridized carbons (Fsp3) is 0.294. The Labute approximate surface area is 133 Å². The Kier molecular flexibility index (Phi) is 5.76. The first-order valence-electron chi connectivity index (χ1n) is 6.93. The fourth-order valence-corrected chi connectivity index (χ4v) is 2.44. The van der Waals surface area contributed by atoms with E-state index >= 15 is 0 Å². The molecule has 112 valence electrons. The molecule has 0 fully saturated rings. The van der Waals surface area contributed by atoms with Crippen LogP contribution in [0.2, 0.25) is 0 Å². The van der Waals surface area contributed by atoms with Gasteiger partial charge in [-0.25, -0.2) is 4.39 Å². The van der Waals surface area contributed by atoms with Crippen LogP contribution in [0.4, 0.5) is 4.39 Å². The molecular weight excluding hydrogens is 333 g/mol. The van der Waals surface area contributed by atoms with Gasteiger partial charge in [-0.1, -0.05) is 34.1 Å². The molecule has 2 rings (SSSR count). The van der Waals surface area contributed by atoms with E-state index in [0.717, 1.165) is 15.8 Å². The molecule has 2 aromatic carbocycles. The average Bonchev–Trinajstić information content (AvgIpc) is 2.42. The van der Waals surface area contributed by atoms with Gasteiger partial charge in [0, 0.05) is 10.5 Å². The maximum atomic E-state index is 13.7. The molecule has 2 nitrogen and oxygen atoms in total. The number of hydrogen-bond donors (Lipinski definition) is 1. The SMILES string of the molecule is Cc1cccc(OCCC(N)Cc2ccc(Br)cc2F)c1. The third kappa shape index (κ3) is 5.14. The van der Waals surface area contributed by atoms with Crippen molar-refractivity contribution in [2.24, 2.45) is 5.73 Å². The first kappa shape index (κ1) is 16.0. The lowest BCUT2D eigenvalue weighted by molar-refractivity contribution is 0.296. The van der Waals surface area contributed by atoms with Crippen molar-refractivity contribution in [3.05, 3.63) is 63.9 Å². The molecule has 1 unspecified atom stereocenters. The van der Waals surface area contributed by atoms with Crippen LogP contribution in [0, 0.1) is 12.7 Å². The van der Waals surface area contributed by atoms with Crippen LogP contribution in [0.1, 0.15) is 17.5 Å². The highest BCUT2D eigenvalue weighted by Gasteiger charge is 2.09. The molecule has 0 aliphatic carbocycles. The van der Waals surface area contributed by atoms with Gasteiger partial charge in [-0.3, -0.25) is 0 Å². The van der Waals surface area contributed by atoms with Gasteiger partial charge in [0.2, 0.25) is 0 Å². The number of rotatable bonds is 6. The van der Waals surface area contributed by atoms with Crippen LogP contribution in [-0.2, 0) is 6.42 Å². The molecule has 21 heavy (non-hydrogen) atoms. The first-order valence-corrected chi connectivity index (χ1v) is 7.73. The Morgan fingerprint density at radius 2 is 2.05 bits per heavy atom. The second-order valence-corrected chi connectivity index (χ2v) is 6.07. The standard InChI is InChI=1S/C17H19BrFNO/c1-12-3-2-4-16(9-12)21-8-7-15(20)10-13-5-6-14(18)11-17(13)19/h2-6,9,11,15H,7-8,10,20H2,1H3. The Morgan fingerprint density at radius 1 is 1.24 bits per heavy atom. The van der Waals surface area contributed by atoms with Crippen LogP contribution >= 0.6 is 15.9 Å². The summed E-state index contributed by atoms with van der Waals surface area (Å²) in [7, 11) is 0. The quantitative estimate of drug-likeness (QED) is 0.844. The van der Waals surface area contributed by atoms with Crippen LogP contribution in [0.5, 0.6) is 5.75 Å². The lowest BCUT2D eigenvalue weighted by atomic mass is 10.0. The molecule has 0 aliphatic heterocycles. The third-order valence-electron chi connectivity index (χ3n) is 3.24. The van der Waals surface area contributed by atoms with Crippen LogP contribution in [0.15, 0.2) is 46.9 Å². The highest BCUT2D eigenvalue weighted by atomic mass is 79.9. The topological polar surface area (TPSA) is 35.2 Å². The Morgan fingerprint density at radius 3 is 2.76 bits per heavy atom. The monoisotopic (exact) mass is 351 g/mol. The summed E-state index contributed by atoms with van der Waals surface area (Å²) < 4.78 is 20.1. The van der Waals surface area contributed by atoms with Crippen molar-refractivity contribution < 1.29 is 9.13 Å². The molecule has 0 spiro atoms. The first-order chi connectivity index (χ1) is 10.0. The number of nitrogens with two attached hydrogens (primary N) is 1. The van der Waals surface area contributed by atoms with E-state index in [-0.39, 0.29) is 11.9 Å². The second kappa shape index (κ2) is 7.57. The summed E-state index contributed by atoms with van der Waals surface area (Å²) in [6, 6.07) is 12.8. The summed E-state index contributed by atoms with van der Waals surface area (Å²) in [5.41, 5.74) is 7.85. The normalized spacial score (nSPS) is 12.2. The number of halogens is 2. The molecule has 0 saturated heterocycles. The van der Waals surface area contributed by atoms with E-state index in [1.54, 1.807) is 6.07 Å². The van der Waals surface area contributed by atoms with Gasteiger partial charge in [-0.05, 0) is 55.2 Å². The Hall–Kier alpha value is -1.39. The molecule has 0 bridgehead atoms. The van der Waals surface area contributed by atoms with Crippen molar-refractivity contribution in [2.75, 3.05) is 6.61 Å². The molecule has 1 atom stereocenters. The van der Waals surface area contributed by atoms with E-state index in [4.69, 9.17) is 10.5 Å². The van der Waals surface area contributed by atoms with Gasteiger partial charge >= 0.3 is 0 Å². The molecule has 2 N–H and O–H groups in total. The predicted octanol–water partition coefficient (Wildman–Crippen LogP) is 4.24. The van der Waals surface area contributed by atoms with E-state index in [9.17, 15) is 4.39 Å².